The summed E-state index contributed by atoms with van der Waals surface area (Å²) >= 11 is 0. The van der Waals surface area contributed by atoms with E-state index in [-0.39, 0.29) is 5.69 Å². The van der Waals surface area contributed by atoms with Crippen LogP contribution in [-0.2, 0) is 0 Å². The first-order valence-electron chi connectivity index (χ1n) is 6.48. The average molecular weight is 289 g/mol. The number of nitrogens with one attached hydrogen (secondary N) is 2. The Labute approximate surface area is 122 Å². The summed E-state index contributed by atoms with van der Waals surface area (Å²) in [5.41, 5.74) is 1.06. The minimum Gasteiger partial charge on any atom is -0.497 e. The molecule has 2 N–H and O–H groups in total. The number of hydrogen-bond acceptors (Lipinski definition) is 4. The number of carbonyl (C=O) groups is 1. The molecule has 0 spiro atoms. The number of carbonyl (C=O) groups excluding carboxylic acids is 1. The maximum Gasteiger partial charge on any atom is 0.259 e. The second-order valence-corrected chi connectivity index (χ2v) is 4.25. The van der Waals surface area contributed by atoms with E-state index in [0.717, 1.165) is 0 Å². The van der Waals surface area contributed by atoms with E-state index < -0.39 is 11.7 Å². The zero-order valence-corrected chi connectivity index (χ0v) is 11.8. The van der Waals surface area contributed by atoms with Crippen LogP contribution in [0.15, 0.2) is 36.7 Å². The Morgan fingerprint density at radius 2 is 2.14 bits per heavy atom. The maximum absolute atomic E-state index is 13.7. The first kappa shape index (κ1) is 14.8. The van der Waals surface area contributed by atoms with Crippen LogP contribution < -0.4 is 15.4 Å². The molecule has 0 fully saturated rings. The van der Waals surface area contributed by atoms with Gasteiger partial charge in [0.25, 0.3) is 5.91 Å². The quantitative estimate of drug-likeness (QED) is 0.888. The minimum absolute atomic E-state index is 0.0608. The Balaban J connectivity index is 2.26. The van der Waals surface area contributed by atoms with Crippen LogP contribution in [0.25, 0.3) is 0 Å². The zero-order valence-electron chi connectivity index (χ0n) is 11.8. The molecule has 0 unspecified atom stereocenters. The minimum atomic E-state index is -0.530. The van der Waals surface area contributed by atoms with Crippen LogP contribution in [0, 0.1) is 5.82 Å². The molecule has 1 aromatic carbocycles. The summed E-state index contributed by atoms with van der Waals surface area (Å²) in [6.45, 7) is 2.58. The van der Waals surface area contributed by atoms with Gasteiger partial charge in [0.05, 0.1) is 24.0 Å². The van der Waals surface area contributed by atoms with E-state index in [1.54, 1.807) is 12.3 Å². The Morgan fingerprint density at radius 3 is 2.86 bits per heavy atom. The molecule has 2 aromatic rings. The number of pyridine rings is 1. The monoisotopic (exact) mass is 289 g/mol. The van der Waals surface area contributed by atoms with Crippen LogP contribution in [0.4, 0.5) is 15.8 Å². The van der Waals surface area contributed by atoms with Gasteiger partial charge in [0.2, 0.25) is 0 Å². The van der Waals surface area contributed by atoms with Crippen molar-refractivity contribution in [2.24, 2.45) is 0 Å². The second-order valence-electron chi connectivity index (χ2n) is 4.25. The van der Waals surface area contributed by atoms with Crippen molar-refractivity contribution in [1.29, 1.82) is 0 Å². The van der Waals surface area contributed by atoms with Gasteiger partial charge in [-0.2, -0.15) is 0 Å². The first-order chi connectivity index (χ1) is 10.2. The molecule has 1 aromatic heterocycles. The van der Waals surface area contributed by atoms with Gasteiger partial charge in [0, 0.05) is 25.0 Å². The lowest BCUT2D eigenvalue weighted by molar-refractivity contribution is 0.102. The van der Waals surface area contributed by atoms with Crippen molar-refractivity contribution in [3.63, 3.8) is 0 Å². The standard InChI is InChI=1S/C15H16FN3O2/c1-3-18-13-6-7-17-9-11(13)15(20)19-14-8-10(21-2)4-5-12(14)16/h4-9H,3H2,1-2H3,(H,17,18)(H,19,20). The molecular weight excluding hydrogens is 273 g/mol. The normalized spacial score (nSPS) is 10.0. The highest BCUT2D eigenvalue weighted by atomic mass is 19.1. The van der Waals surface area contributed by atoms with E-state index in [2.05, 4.69) is 15.6 Å². The van der Waals surface area contributed by atoms with Gasteiger partial charge in [-0.3, -0.25) is 9.78 Å². The molecule has 0 atom stereocenters. The fourth-order valence-corrected chi connectivity index (χ4v) is 1.84. The molecule has 1 heterocycles. The Kier molecular flexibility index (Phi) is 4.71. The largest absolute Gasteiger partial charge is 0.497 e. The number of nitrogens with zero attached hydrogens (tertiary/aromatic N) is 1. The lowest BCUT2D eigenvalue weighted by Gasteiger charge is -2.11. The van der Waals surface area contributed by atoms with Crippen molar-refractivity contribution in [1.82, 2.24) is 4.98 Å². The van der Waals surface area contributed by atoms with Crippen molar-refractivity contribution in [3.8, 4) is 5.75 Å². The summed E-state index contributed by atoms with van der Waals surface area (Å²) < 4.78 is 18.7. The average Bonchev–Trinajstić information content (AvgIpc) is 2.50. The molecule has 0 aliphatic carbocycles. The molecule has 21 heavy (non-hydrogen) atoms. The number of benzene rings is 1. The van der Waals surface area contributed by atoms with E-state index in [1.807, 2.05) is 6.92 Å². The van der Waals surface area contributed by atoms with E-state index in [0.29, 0.717) is 23.5 Å². The van der Waals surface area contributed by atoms with Crippen LogP contribution in [0.5, 0.6) is 5.75 Å². The molecule has 0 saturated carbocycles. The Morgan fingerprint density at radius 1 is 1.33 bits per heavy atom. The smallest absolute Gasteiger partial charge is 0.259 e. The predicted octanol–water partition coefficient (Wildman–Crippen LogP) is 2.91. The SMILES string of the molecule is CCNc1ccncc1C(=O)Nc1cc(OC)ccc1F. The first-order valence-corrected chi connectivity index (χ1v) is 6.48. The molecule has 2 rings (SSSR count). The molecule has 0 radical (unpaired) electrons. The lowest BCUT2D eigenvalue weighted by atomic mass is 10.2. The number of halogens is 1. The van der Waals surface area contributed by atoms with Crippen molar-refractivity contribution >= 4 is 17.3 Å². The lowest BCUT2D eigenvalue weighted by Crippen LogP contribution is -2.16. The summed E-state index contributed by atoms with van der Waals surface area (Å²) in [6, 6.07) is 5.85. The van der Waals surface area contributed by atoms with Crippen LogP contribution in [0.2, 0.25) is 0 Å². The fourth-order valence-electron chi connectivity index (χ4n) is 1.84. The van der Waals surface area contributed by atoms with Gasteiger partial charge in [-0.1, -0.05) is 0 Å². The summed E-state index contributed by atoms with van der Waals surface area (Å²) in [4.78, 5) is 16.2. The predicted molar refractivity (Wildman–Crippen MR) is 79.3 cm³/mol. The van der Waals surface area contributed by atoms with Crippen molar-refractivity contribution in [2.75, 3.05) is 24.3 Å². The van der Waals surface area contributed by atoms with Gasteiger partial charge in [-0.25, -0.2) is 4.39 Å². The van der Waals surface area contributed by atoms with Crippen LogP contribution in [-0.4, -0.2) is 24.5 Å². The molecule has 0 saturated heterocycles. The molecule has 6 heteroatoms. The number of methoxy groups -OCH3 is 1. The number of aromatic nitrogens is 1. The van der Waals surface area contributed by atoms with Crippen LogP contribution in [0.3, 0.4) is 0 Å². The van der Waals surface area contributed by atoms with E-state index in [4.69, 9.17) is 4.74 Å². The molecule has 1 amide bonds. The van der Waals surface area contributed by atoms with Crippen molar-refractivity contribution in [2.45, 2.75) is 6.92 Å². The highest BCUT2D eigenvalue weighted by molar-refractivity contribution is 6.07. The molecule has 110 valence electrons. The fraction of sp³-hybridized carbons (Fsp3) is 0.200. The highest BCUT2D eigenvalue weighted by Gasteiger charge is 2.14. The Hall–Kier alpha value is -2.63. The number of rotatable bonds is 5. The van der Waals surface area contributed by atoms with Crippen molar-refractivity contribution in [3.05, 3.63) is 48.0 Å². The molecule has 5 nitrogen and oxygen atoms in total. The van der Waals surface area contributed by atoms with Gasteiger partial charge in [-0.05, 0) is 25.1 Å². The van der Waals surface area contributed by atoms with Gasteiger partial charge in [0.15, 0.2) is 0 Å². The maximum atomic E-state index is 13.7. The van der Waals surface area contributed by atoms with E-state index in [9.17, 15) is 9.18 Å². The summed E-state index contributed by atoms with van der Waals surface area (Å²) in [5.74, 6) is -0.506. The van der Waals surface area contributed by atoms with Crippen LogP contribution in [0.1, 0.15) is 17.3 Å². The third-order valence-corrected chi connectivity index (χ3v) is 2.85. The van der Waals surface area contributed by atoms with Gasteiger partial charge in [-0.15, -0.1) is 0 Å². The topological polar surface area (TPSA) is 63.2 Å². The summed E-state index contributed by atoms with van der Waals surface area (Å²) in [6.07, 6.45) is 3.02. The van der Waals surface area contributed by atoms with Crippen molar-refractivity contribution < 1.29 is 13.9 Å². The number of amides is 1. The highest BCUT2D eigenvalue weighted by Crippen LogP contribution is 2.23. The summed E-state index contributed by atoms with van der Waals surface area (Å²) in [7, 11) is 1.48. The Bertz CT molecular complexity index is 647. The van der Waals surface area contributed by atoms with Crippen LogP contribution >= 0.6 is 0 Å². The van der Waals surface area contributed by atoms with Gasteiger partial charge < -0.3 is 15.4 Å². The molecule has 0 aliphatic heterocycles. The third kappa shape index (κ3) is 3.47. The van der Waals surface area contributed by atoms with E-state index >= 15 is 0 Å². The molecule has 0 aliphatic rings. The van der Waals surface area contributed by atoms with E-state index in [1.165, 1.54) is 31.5 Å². The molecule has 0 bridgehead atoms. The zero-order chi connectivity index (χ0) is 15.2. The molecular formula is C15H16FN3O2. The number of ether oxygens (including phenoxy) is 1. The number of hydrogen-bond donors (Lipinski definition) is 2. The third-order valence-electron chi connectivity index (χ3n) is 2.85. The van der Waals surface area contributed by atoms with Gasteiger partial charge in [0.1, 0.15) is 11.6 Å². The second kappa shape index (κ2) is 6.69. The summed E-state index contributed by atoms with van der Waals surface area (Å²) in [5, 5.41) is 5.59. The van der Waals surface area contributed by atoms with Gasteiger partial charge >= 0.3 is 0 Å². The number of anilines is 2.